The fourth-order valence-electron chi connectivity index (χ4n) is 1.87. The van der Waals surface area contributed by atoms with Gasteiger partial charge in [0.25, 0.3) is 0 Å². The van der Waals surface area contributed by atoms with E-state index in [9.17, 15) is 9.18 Å². The maximum Gasteiger partial charge on any atom is 0.303 e. The van der Waals surface area contributed by atoms with E-state index in [0.29, 0.717) is 12.8 Å². The van der Waals surface area contributed by atoms with Gasteiger partial charge in [0.2, 0.25) is 0 Å². The SMILES string of the molecule is O=C(O)CCC1=CCc2cc(F)ccc21. The first-order chi connectivity index (χ1) is 7.16. The lowest BCUT2D eigenvalue weighted by Crippen LogP contribution is -1.95. The van der Waals surface area contributed by atoms with Crippen LogP contribution in [-0.2, 0) is 11.2 Å². The van der Waals surface area contributed by atoms with Gasteiger partial charge in [-0.3, -0.25) is 4.79 Å². The quantitative estimate of drug-likeness (QED) is 0.825. The zero-order valence-corrected chi connectivity index (χ0v) is 8.16. The second-order valence-electron chi connectivity index (χ2n) is 3.63. The third kappa shape index (κ3) is 2.06. The Morgan fingerprint density at radius 3 is 3.00 bits per heavy atom. The van der Waals surface area contributed by atoms with Gasteiger partial charge in [0.05, 0.1) is 0 Å². The van der Waals surface area contributed by atoms with Crippen LogP contribution in [-0.4, -0.2) is 11.1 Å². The van der Waals surface area contributed by atoms with Crippen LogP contribution in [0.4, 0.5) is 4.39 Å². The van der Waals surface area contributed by atoms with Gasteiger partial charge in [-0.25, -0.2) is 4.39 Å². The highest BCUT2D eigenvalue weighted by Gasteiger charge is 2.14. The molecule has 15 heavy (non-hydrogen) atoms. The van der Waals surface area contributed by atoms with Crippen molar-refractivity contribution in [1.82, 2.24) is 0 Å². The molecule has 2 rings (SSSR count). The van der Waals surface area contributed by atoms with Crippen molar-refractivity contribution in [2.24, 2.45) is 0 Å². The number of carboxylic acids is 1. The summed E-state index contributed by atoms with van der Waals surface area (Å²) in [4.78, 5) is 10.4. The van der Waals surface area contributed by atoms with Crippen molar-refractivity contribution in [3.8, 4) is 0 Å². The zero-order valence-electron chi connectivity index (χ0n) is 8.16. The number of aliphatic carboxylic acids is 1. The molecule has 0 bridgehead atoms. The molecule has 1 aliphatic rings. The van der Waals surface area contributed by atoms with E-state index in [1.54, 1.807) is 6.07 Å². The molecule has 0 saturated carbocycles. The average molecular weight is 206 g/mol. The number of hydrogen-bond donors (Lipinski definition) is 1. The van der Waals surface area contributed by atoms with E-state index < -0.39 is 5.97 Å². The van der Waals surface area contributed by atoms with E-state index >= 15 is 0 Å². The van der Waals surface area contributed by atoms with Crippen LogP contribution in [0.3, 0.4) is 0 Å². The Morgan fingerprint density at radius 2 is 2.27 bits per heavy atom. The molecule has 0 atom stereocenters. The molecule has 0 spiro atoms. The van der Waals surface area contributed by atoms with Gasteiger partial charge >= 0.3 is 5.97 Å². The standard InChI is InChI=1S/C12H11FO2/c13-10-4-5-11-8(3-6-12(14)15)1-2-9(11)7-10/h1,4-5,7H,2-3,6H2,(H,14,15). The Balaban J connectivity index is 2.16. The molecule has 0 unspecified atom stereocenters. The van der Waals surface area contributed by atoms with Gasteiger partial charge in [-0.15, -0.1) is 0 Å². The summed E-state index contributed by atoms with van der Waals surface area (Å²) >= 11 is 0. The van der Waals surface area contributed by atoms with E-state index in [2.05, 4.69) is 0 Å². The number of allylic oxidation sites excluding steroid dienone is 2. The van der Waals surface area contributed by atoms with Crippen molar-refractivity contribution in [3.05, 3.63) is 41.2 Å². The van der Waals surface area contributed by atoms with Gasteiger partial charge < -0.3 is 5.11 Å². The molecule has 1 aromatic carbocycles. The largest absolute Gasteiger partial charge is 0.481 e. The fraction of sp³-hybridized carbons (Fsp3) is 0.250. The van der Waals surface area contributed by atoms with E-state index in [4.69, 9.17) is 5.11 Å². The molecule has 0 radical (unpaired) electrons. The van der Waals surface area contributed by atoms with Crippen LogP contribution in [0.25, 0.3) is 5.57 Å². The Bertz CT molecular complexity index is 435. The number of halogens is 1. The van der Waals surface area contributed by atoms with Crippen molar-refractivity contribution in [2.45, 2.75) is 19.3 Å². The predicted molar refractivity (Wildman–Crippen MR) is 55.0 cm³/mol. The van der Waals surface area contributed by atoms with Crippen LogP contribution in [0.15, 0.2) is 24.3 Å². The van der Waals surface area contributed by atoms with Gasteiger partial charge in [0, 0.05) is 6.42 Å². The normalized spacial score (nSPS) is 13.5. The van der Waals surface area contributed by atoms with Crippen LogP contribution >= 0.6 is 0 Å². The topological polar surface area (TPSA) is 37.3 Å². The molecule has 78 valence electrons. The molecule has 2 nitrogen and oxygen atoms in total. The molecule has 0 aromatic heterocycles. The van der Waals surface area contributed by atoms with Gasteiger partial charge in [0.1, 0.15) is 5.82 Å². The predicted octanol–water partition coefficient (Wildman–Crippen LogP) is 2.63. The molecule has 1 N–H and O–H groups in total. The number of benzene rings is 1. The number of carboxylic acid groups (broad SMARTS) is 1. The molecule has 0 saturated heterocycles. The Morgan fingerprint density at radius 1 is 1.47 bits per heavy atom. The summed E-state index contributed by atoms with van der Waals surface area (Å²) in [6.45, 7) is 0. The molecule has 0 aliphatic heterocycles. The van der Waals surface area contributed by atoms with Crippen molar-refractivity contribution in [1.29, 1.82) is 0 Å². The molecule has 0 heterocycles. The maximum absolute atomic E-state index is 12.9. The molecule has 3 heteroatoms. The first-order valence-corrected chi connectivity index (χ1v) is 4.86. The summed E-state index contributed by atoms with van der Waals surface area (Å²) in [6, 6.07) is 4.66. The maximum atomic E-state index is 12.9. The minimum Gasteiger partial charge on any atom is -0.481 e. The summed E-state index contributed by atoms with van der Waals surface area (Å²) in [5, 5.41) is 8.58. The molecule has 0 fully saturated rings. The second-order valence-corrected chi connectivity index (χ2v) is 3.63. The van der Waals surface area contributed by atoms with Gasteiger partial charge in [-0.05, 0) is 41.7 Å². The fourth-order valence-corrected chi connectivity index (χ4v) is 1.87. The lowest BCUT2D eigenvalue weighted by atomic mass is 10.0. The van der Waals surface area contributed by atoms with Crippen LogP contribution in [0.2, 0.25) is 0 Å². The highest BCUT2D eigenvalue weighted by atomic mass is 19.1. The summed E-state index contributed by atoms with van der Waals surface area (Å²) in [5.74, 6) is -1.03. The van der Waals surface area contributed by atoms with Crippen molar-refractivity contribution >= 4 is 11.5 Å². The number of hydrogen-bond acceptors (Lipinski definition) is 1. The van der Waals surface area contributed by atoms with E-state index in [1.807, 2.05) is 6.08 Å². The molecular weight excluding hydrogens is 195 g/mol. The van der Waals surface area contributed by atoms with E-state index in [-0.39, 0.29) is 12.2 Å². The highest BCUT2D eigenvalue weighted by molar-refractivity contribution is 5.76. The van der Waals surface area contributed by atoms with Gasteiger partial charge in [-0.1, -0.05) is 12.1 Å². The monoisotopic (exact) mass is 206 g/mol. The third-order valence-electron chi connectivity index (χ3n) is 2.59. The summed E-state index contributed by atoms with van der Waals surface area (Å²) in [7, 11) is 0. The van der Waals surface area contributed by atoms with Gasteiger partial charge in [-0.2, -0.15) is 0 Å². The first kappa shape index (κ1) is 9.90. The van der Waals surface area contributed by atoms with Gasteiger partial charge in [0.15, 0.2) is 0 Å². The summed E-state index contributed by atoms with van der Waals surface area (Å²) < 4.78 is 12.9. The molecule has 1 aliphatic carbocycles. The van der Waals surface area contributed by atoms with Crippen LogP contribution in [0, 0.1) is 5.82 Å². The Hall–Kier alpha value is -1.64. The van der Waals surface area contributed by atoms with E-state index in [0.717, 1.165) is 16.7 Å². The third-order valence-corrected chi connectivity index (χ3v) is 2.59. The second kappa shape index (κ2) is 3.85. The minimum atomic E-state index is -0.800. The lowest BCUT2D eigenvalue weighted by Gasteiger charge is -2.04. The number of carbonyl (C=O) groups is 1. The average Bonchev–Trinajstić information content (AvgIpc) is 2.57. The van der Waals surface area contributed by atoms with Crippen LogP contribution in [0.5, 0.6) is 0 Å². The Kier molecular flexibility index (Phi) is 2.54. The smallest absolute Gasteiger partial charge is 0.303 e. The zero-order chi connectivity index (χ0) is 10.8. The van der Waals surface area contributed by atoms with Crippen molar-refractivity contribution < 1.29 is 14.3 Å². The van der Waals surface area contributed by atoms with Crippen molar-refractivity contribution in [2.75, 3.05) is 0 Å². The number of rotatable bonds is 3. The lowest BCUT2D eigenvalue weighted by molar-refractivity contribution is -0.136. The van der Waals surface area contributed by atoms with Crippen molar-refractivity contribution in [3.63, 3.8) is 0 Å². The first-order valence-electron chi connectivity index (χ1n) is 4.86. The van der Waals surface area contributed by atoms with Crippen LogP contribution < -0.4 is 0 Å². The molecular formula is C12H11FO2. The summed E-state index contributed by atoms with van der Waals surface area (Å²) in [5.41, 5.74) is 2.97. The molecule has 1 aromatic rings. The minimum absolute atomic E-state index is 0.128. The Labute approximate surface area is 87.0 Å². The van der Waals surface area contributed by atoms with E-state index in [1.165, 1.54) is 12.1 Å². The number of fused-ring (bicyclic) bond motifs is 1. The summed E-state index contributed by atoms with van der Waals surface area (Å²) in [6.07, 6.45) is 3.34. The highest BCUT2D eigenvalue weighted by Crippen LogP contribution is 2.30. The van der Waals surface area contributed by atoms with Crippen LogP contribution in [0.1, 0.15) is 24.0 Å². The molecule has 0 amide bonds.